The quantitative estimate of drug-likeness (QED) is 0.131. The molecule has 0 unspecified atom stereocenters. The SMILES string of the molecule is COc1ccc(Cn2c(=O)c(CC(=O)Cc3cccc(OC(F)(F)F)c3)c(N)n(C)c2=O)cc1.COc1ccc(Cn2c(=O)c3c(n(C)c2=O)N=C(Cc2cccc(OC(F)(F)F)c2)C3)cc1. The molecule has 0 fully saturated rings. The zero-order valence-corrected chi connectivity index (χ0v) is 36.2. The Morgan fingerprint density at radius 3 is 1.61 bits per heavy atom. The molecular weight excluding hydrogens is 895 g/mol. The number of hydrogen-bond acceptors (Lipinski definition) is 11. The number of halogens is 6. The topological polar surface area (TPSA) is 180 Å². The monoisotopic (exact) mass is 936 g/mol. The maximum absolute atomic E-state index is 13.1. The first-order valence-corrected chi connectivity index (χ1v) is 20.1. The summed E-state index contributed by atoms with van der Waals surface area (Å²) < 4.78 is 97.4. The second kappa shape index (κ2) is 20.1. The number of carbonyl (C=O) groups is 1. The van der Waals surface area contributed by atoms with Gasteiger partial charge in [0.05, 0.1) is 38.4 Å². The number of anilines is 1. The number of carbonyl (C=O) groups excluding carboxylic acids is 1. The number of nitrogens with two attached hydrogens (primary N) is 1. The lowest BCUT2D eigenvalue weighted by molar-refractivity contribution is -0.275. The van der Waals surface area contributed by atoms with Crippen molar-refractivity contribution in [3.8, 4) is 23.0 Å². The average molecular weight is 937 g/mol. The number of ether oxygens (including phenoxy) is 4. The van der Waals surface area contributed by atoms with Gasteiger partial charge >= 0.3 is 24.1 Å². The molecule has 21 heteroatoms. The van der Waals surface area contributed by atoms with E-state index in [9.17, 15) is 50.3 Å². The van der Waals surface area contributed by atoms with Crippen molar-refractivity contribution in [2.24, 2.45) is 19.1 Å². The predicted molar refractivity (Wildman–Crippen MR) is 234 cm³/mol. The Kier molecular flexibility index (Phi) is 14.6. The van der Waals surface area contributed by atoms with Crippen LogP contribution in [-0.4, -0.2) is 56.7 Å². The third-order valence-electron chi connectivity index (χ3n) is 10.4. The number of Topliss-reactive ketones (excluding diaryl/α,β-unsaturated/α-hetero) is 1. The Morgan fingerprint density at radius 2 is 1.10 bits per heavy atom. The lowest BCUT2D eigenvalue weighted by atomic mass is 10.0. The molecule has 0 radical (unpaired) electrons. The summed E-state index contributed by atoms with van der Waals surface area (Å²) in [5.74, 6) is 0.138. The molecule has 15 nitrogen and oxygen atoms in total. The number of benzene rings is 4. The highest BCUT2D eigenvalue weighted by molar-refractivity contribution is 5.94. The van der Waals surface area contributed by atoms with Gasteiger partial charge in [0.15, 0.2) is 0 Å². The van der Waals surface area contributed by atoms with E-state index in [4.69, 9.17) is 15.2 Å². The van der Waals surface area contributed by atoms with Gasteiger partial charge in [0.2, 0.25) is 0 Å². The molecule has 3 heterocycles. The molecule has 352 valence electrons. The van der Waals surface area contributed by atoms with E-state index in [1.54, 1.807) is 61.7 Å². The summed E-state index contributed by atoms with van der Waals surface area (Å²) in [6.45, 7) is 0.0444. The molecule has 2 aromatic heterocycles. The number of hydrogen-bond donors (Lipinski definition) is 1. The molecule has 2 N–H and O–H groups in total. The standard InChI is InChI=1S/C23H22F3N3O5.C23H20F3N3O4/c1-28-20(27)19(12-16(30)10-15-4-3-5-18(11-15)34-23(24,25)26)21(31)29(22(28)32)13-14-6-8-17(33-2)9-7-14;1-28-20-19(21(30)29(22(28)31)13-14-6-8-17(32-2)9-7-14)12-16(27-20)10-15-4-3-5-18(11-15)33-23(24,25)26/h3-9,11H,10,12-13,27H2,1-2H3;3-9,11H,10,12-13H2,1-2H3. The fraction of sp³-hybridized carbons (Fsp3) is 0.261. The van der Waals surface area contributed by atoms with Gasteiger partial charge in [0.25, 0.3) is 11.1 Å². The van der Waals surface area contributed by atoms with Gasteiger partial charge in [0, 0.05) is 45.5 Å². The minimum Gasteiger partial charge on any atom is -0.497 e. The normalized spacial score (nSPS) is 12.1. The van der Waals surface area contributed by atoms with Crippen LogP contribution < -0.4 is 47.2 Å². The van der Waals surface area contributed by atoms with Gasteiger partial charge in [-0.15, -0.1) is 26.3 Å². The van der Waals surface area contributed by atoms with Crippen LogP contribution in [0.2, 0.25) is 0 Å². The Bertz CT molecular complexity index is 3060. The third kappa shape index (κ3) is 12.3. The number of nitrogens with zero attached hydrogens (tertiary/aromatic N) is 5. The summed E-state index contributed by atoms with van der Waals surface area (Å²) in [6, 6.07) is 24.4. The number of rotatable bonds is 14. The fourth-order valence-electron chi connectivity index (χ4n) is 7.16. The summed E-state index contributed by atoms with van der Waals surface area (Å²) in [5.41, 5.74) is 6.79. The molecule has 0 amide bonds. The van der Waals surface area contributed by atoms with Crippen LogP contribution in [0.3, 0.4) is 0 Å². The molecule has 67 heavy (non-hydrogen) atoms. The van der Waals surface area contributed by atoms with Crippen LogP contribution in [0.5, 0.6) is 23.0 Å². The Balaban J connectivity index is 0.000000221. The first-order chi connectivity index (χ1) is 31.6. The van der Waals surface area contributed by atoms with Crippen LogP contribution in [0.4, 0.5) is 38.0 Å². The lowest BCUT2D eigenvalue weighted by Crippen LogP contribution is -2.42. The highest BCUT2D eigenvalue weighted by Gasteiger charge is 2.32. The van der Waals surface area contributed by atoms with Gasteiger partial charge in [-0.1, -0.05) is 48.5 Å². The van der Waals surface area contributed by atoms with E-state index < -0.39 is 53.2 Å². The zero-order chi connectivity index (χ0) is 48.8. The molecule has 0 spiro atoms. The van der Waals surface area contributed by atoms with Crippen molar-refractivity contribution in [3.63, 3.8) is 0 Å². The Morgan fingerprint density at radius 1 is 0.627 bits per heavy atom. The number of nitrogen functional groups attached to an aromatic ring is 1. The molecule has 4 aromatic carbocycles. The number of ketones is 1. The summed E-state index contributed by atoms with van der Waals surface area (Å²) in [6.07, 6.45) is -9.88. The van der Waals surface area contributed by atoms with Crippen molar-refractivity contribution in [1.29, 1.82) is 0 Å². The van der Waals surface area contributed by atoms with Crippen LogP contribution >= 0.6 is 0 Å². The van der Waals surface area contributed by atoms with Crippen molar-refractivity contribution in [2.45, 2.75) is 51.5 Å². The van der Waals surface area contributed by atoms with Crippen molar-refractivity contribution in [3.05, 3.63) is 172 Å². The molecule has 0 saturated carbocycles. The largest absolute Gasteiger partial charge is 0.573 e. The third-order valence-corrected chi connectivity index (χ3v) is 10.4. The second-order valence-electron chi connectivity index (χ2n) is 15.1. The van der Waals surface area contributed by atoms with Gasteiger partial charge in [0.1, 0.15) is 40.4 Å². The number of methoxy groups -OCH3 is 2. The first kappa shape index (κ1) is 48.6. The molecule has 1 aliphatic rings. The minimum absolute atomic E-state index is 0.0478. The molecular formula is C46H42F6N6O9. The van der Waals surface area contributed by atoms with E-state index in [0.717, 1.165) is 31.4 Å². The molecule has 0 aliphatic carbocycles. The lowest BCUT2D eigenvalue weighted by Gasteiger charge is -2.14. The van der Waals surface area contributed by atoms with Gasteiger partial charge < -0.3 is 24.7 Å². The molecule has 0 bridgehead atoms. The van der Waals surface area contributed by atoms with E-state index in [1.165, 1.54) is 56.1 Å². The smallest absolute Gasteiger partial charge is 0.497 e. The van der Waals surface area contributed by atoms with Crippen LogP contribution in [0.25, 0.3) is 0 Å². The summed E-state index contributed by atoms with van der Waals surface area (Å²) >= 11 is 0. The Labute approximate surface area is 376 Å². The van der Waals surface area contributed by atoms with Crippen molar-refractivity contribution < 1.29 is 50.1 Å². The number of alkyl halides is 6. The van der Waals surface area contributed by atoms with Crippen LogP contribution in [-0.2, 0) is 57.7 Å². The van der Waals surface area contributed by atoms with E-state index >= 15 is 0 Å². The van der Waals surface area contributed by atoms with Crippen LogP contribution in [0.15, 0.2) is 121 Å². The first-order valence-electron chi connectivity index (χ1n) is 20.1. The zero-order valence-electron chi connectivity index (χ0n) is 36.2. The van der Waals surface area contributed by atoms with Crippen LogP contribution in [0, 0.1) is 0 Å². The summed E-state index contributed by atoms with van der Waals surface area (Å²) in [5, 5.41) is 0. The molecule has 0 saturated heterocycles. The predicted octanol–water partition coefficient (Wildman–Crippen LogP) is 5.81. The van der Waals surface area contributed by atoms with E-state index in [2.05, 4.69) is 14.5 Å². The highest BCUT2D eigenvalue weighted by atomic mass is 19.4. The second-order valence-corrected chi connectivity index (χ2v) is 15.1. The number of aromatic nitrogens is 4. The maximum atomic E-state index is 13.1. The fourth-order valence-corrected chi connectivity index (χ4v) is 7.16. The number of fused-ring (bicyclic) bond motifs is 1. The summed E-state index contributed by atoms with van der Waals surface area (Å²) in [4.78, 5) is 68.7. The highest BCUT2D eigenvalue weighted by Crippen LogP contribution is 2.27. The van der Waals surface area contributed by atoms with Gasteiger partial charge in [-0.3, -0.25) is 32.7 Å². The maximum Gasteiger partial charge on any atom is 0.573 e. The molecule has 7 rings (SSSR count). The van der Waals surface area contributed by atoms with Gasteiger partial charge in [-0.05, 0) is 70.8 Å². The average Bonchev–Trinajstić information content (AvgIpc) is 3.70. The van der Waals surface area contributed by atoms with E-state index in [1.807, 2.05) is 0 Å². The molecule has 1 aliphatic heterocycles. The van der Waals surface area contributed by atoms with Gasteiger partial charge in [-0.25, -0.2) is 14.6 Å². The summed E-state index contributed by atoms with van der Waals surface area (Å²) in [7, 11) is 5.98. The van der Waals surface area contributed by atoms with E-state index in [0.29, 0.717) is 33.9 Å². The van der Waals surface area contributed by atoms with Crippen molar-refractivity contribution in [1.82, 2.24) is 18.3 Å². The minimum atomic E-state index is -4.86. The Hall–Kier alpha value is -7.84. The van der Waals surface area contributed by atoms with Gasteiger partial charge in [-0.2, -0.15) is 0 Å². The van der Waals surface area contributed by atoms with Crippen LogP contribution in [0.1, 0.15) is 33.4 Å². The molecule has 6 aromatic rings. The van der Waals surface area contributed by atoms with Crippen molar-refractivity contribution >= 4 is 23.1 Å². The number of aliphatic imine (C=N–C) groups is 1. The molecule has 0 atom stereocenters. The van der Waals surface area contributed by atoms with Crippen molar-refractivity contribution in [2.75, 3.05) is 20.0 Å². The van der Waals surface area contributed by atoms with E-state index in [-0.39, 0.29) is 60.9 Å².